The van der Waals surface area contributed by atoms with E-state index >= 15 is 0 Å². The highest BCUT2D eigenvalue weighted by molar-refractivity contribution is 7.09. The van der Waals surface area contributed by atoms with Gasteiger partial charge in [0.05, 0.1) is 23.4 Å². The number of ether oxygens (including phenoxy) is 1. The molecule has 2 aromatic rings. The van der Waals surface area contributed by atoms with Crippen LogP contribution in [0, 0.1) is 5.82 Å². The molecular formula is C21H29FN4OS. The van der Waals surface area contributed by atoms with Crippen molar-refractivity contribution in [2.24, 2.45) is 4.99 Å². The van der Waals surface area contributed by atoms with Gasteiger partial charge in [-0.2, -0.15) is 0 Å². The van der Waals surface area contributed by atoms with E-state index in [9.17, 15) is 4.39 Å². The average Bonchev–Trinajstić information content (AvgIpc) is 3.14. The van der Waals surface area contributed by atoms with E-state index in [2.05, 4.69) is 41.4 Å². The fourth-order valence-electron chi connectivity index (χ4n) is 3.32. The number of rotatable bonds is 5. The second kappa shape index (κ2) is 9.47. The lowest BCUT2D eigenvalue weighted by Gasteiger charge is -2.38. The van der Waals surface area contributed by atoms with Crippen LogP contribution in [0.1, 0.15) is 49.1 Å². The zero-order valence-electron chi connectivity index (χ0n) is 17.0. The molecule has 0 radical (unpaired) electrons. The Labute approximate surface area is 170 Å². The first-order valence-corrected chi connectivity index (χ1v) is 10.6. The highest BCUT2D eigenvalue weighted by atomic mass is 32.1. The van der Waals surface area contributed by atoms with Crippen LogP contribution in [-0.4, -0.2) is 48.6 Å². The van der Waals surface area contributed by atoms with Gasteiger partial charge in [0.2, 0.25) is 0 Å². The van der Waals surface area contributed by atoms with E-state index in [0.29, 0.717) is 12.5 Å². The van der Waals surface area contributed by atoms with Gasteiger partial charge in [0.15, 0.2) is 5.96 Å². The lowest BCUT2D eigenvalue weighted by atomic mass is 10.1. The number of morpholine rings is 1. The van der Waals surface area contributed by atoms with Crippen molar-refractivity contribution < 1.29 is 9.13 Å². The Hall–Kier alpha value is -1.99. The SMILES string of the molecule is CN=C(NCCc1csc(C(C)C)n1)N1CC(C)OC(c2ccc(F)cc2)C1. The second-order valence-corrected chi connectivity index (χ2v) is 8.34. The Bertz CT molecular complexity index is 790. The summed E-state index contributed by atoms with van der Waals surface area (Å²) in [5.74, 6) is 1.10. The monoisotopic (exact) mass is 404 g/mol. The molecule has 1 N–H and O–H groups in total. The first-order valence-electron chi connectivity index (χ1n) is 9.77. The molecule has 1 aliphatic heterocycles. The lowest BCUT2D eigenvalue weighted by molar-refractivity contribution is -0.0604. The fourth-order valence-corrected chi connectivity index (χ4v) is 4.19. The number of nitrogens with one attached hydrogen (secondary N) is 1. The van der Waals surface area contributed by atoms with Crippen molar-refractivity contribution in [2.45, 2.75) is 45.3 Å². The second-order valence-electron chi connectivity index (χ2n) is 7.45. The Balaban J connectivity index is 1.58. The summed E-state index contributed by atoms with van der Waals surface area (Å²) in [5.41, 5.74) is 2.10. The number of hydrogen-bond acceptors (Lipinski definition) is 4. The molecule has 1 saturated heterocycles. The van der Waals surface area contributed by atoms with Crippen LogP contribution < -0.4 is 5.32 Å². The van der Waals surface area contributed by atoms with E-state index in [4.69, 9.17) is 9.72 Å². The molecule has 5 nitrogen and oxygen atoms in total. The maximum atomic E-state index is 13.2. The van der Waals surface area contributed by atoms with Crippen molar-refractivity contribution in [3.05, 3.63) is 51.7 Å². The predicted octanol–water partition coefficient (Wildman–Crippen LogP) is 3.99. The van der Waals surface area contributed by atoms with Gasteiger partial charge in [-0.3, -0.25) is 4.99 Å². The molecule has 28 heavy (non-hydrogen) atoms. The van der Waals surface area contributed by atoms with Crippen LogP contribution in [0.15, 0.2) is 34.6 Å². The van der Waals surface area contributed by atoms with Crippen molar-refractivity contribution in [1.82, 2.24) is 15.2 Å². The van der Waals surface area contributed by atoms with Gasteiger partial charge < -0.3 is 15.0 Å². The van der Waals surface area contributed by atoms with Gasteiger partial charge >= 0.3 is 0 Å². The minimum absolute atomic E-state index is 0.0643. The number of hydrogen-bond donors (Lipinski definition) is 1. The molecule has 0 amide bonds. The van der Waals surface area contributed by atoms with Crippen LogP contribution in [0.25, 0.3) is 0 Å². The van der Waals surface area contributed by atoms with E-state index in [0.717, 1.165) is 36.7 Å². The Morgan fingerprint density at radius 3 is 2.75 bits per heavy atom. The zero-order valence-corrected chi connectivity index (χ0v) is 17.8. The van der Waals surface area contributed by atoms with Gasteiger partial charge in [0.1, 0.15) is 11.9 Å². The molecule has 7 heteroatoms. The Kier molecular flexibility index (Phi) is 7.02. The summed E-state index contributed by atoms with van der Waals surface area (Å²) in [4.78, 5) is 11.4. The maximum Gasteiger partial charge on any atom is 0.193 e. The summed E-state index contributed by atoms with van der Waals surface area (Å²) >= 11 is 1.73. The molecular weight excluding hydrogens is 375 g/mol. The summed E-state index contributed by atoms with van der Waals surface area (Å²) in [5, 5.41) is 6.78. The topological polar surface area (TPSA) is 49.8 Å². The molecule has 2 atom stereocenters. The largest absolute Gasteiger partial charge is 0.367 e. The summed E-state index contributed by atoms with van der Waals surface area (Å²) < 4.78 is 19.3. The van der Waals surface area contributed by atoms with Gasteiger partial charge in [-0.05, 0) is 24.6 Å². The van der Waals surface area contributed by atoms with Crippen molar-refractivity contribution in [3.8, 4) is 0 Å². The third kappa shape index (κ3) is 5.29. The highest BCUT2D eigenvalue weighted by Gasteiger charge is 2.28. The van der Waals surface area contributed by atoms with Crippen LogP contribution in [-0.2, 0) is 11.2 Å². The van der Waals surface area contributed by atoms with Crippen LogP contribution >= 0.6 is 11.3 Å². The normalized spacial score (nSPS) is 20.6. The van der Waals surface area contributed by atoms with Gasteiger partial charge in [0, 0.05) is 37.9 Å². The number of aliphatic imine (C=N–C) groups is 1. The van der Waals surface area contributed by atoms with Gasteiger partial charge in [-0.1, -0.05) is 26.0 Å². The Morgan fingerprint density at radius 2 is 2.11 bits per heavy atom. The number of nitrogens with zero attached hydrogens (tertiary/aromatic N) is 3. The molecule has 0 aliphatic carbocycles. The molecule has 1 aromatic heterocycles. The molecule has 0 spiro atoms. The molecule has 1 aromatic carbocycles. The van der Waals surface area contributed by atoms with E-state index < -0.39 is 0 Å². The molecule has 1 fully saturated rings. The average molecular weight is 405 g/mol. The lowest BCUT2D eigenvalue weighted by Crippen LogP contribution is -2.51. The van der Waals surface area contributed by atoms with Crippen molar-refractivity contribution in [1.29, 1.82) is 0 Å². The summed E-state index contributed by atoms with van der Waals surface area (Å²) in [7, 11) is 1.80. The fraction of sp³-hybridized carbons (Fsp3) is 0.524. The van der Waals surface area contributed by atoms with E-state index in [1.165, 1.54) is 17.1 Å². The molecule has 3 rings (SSSR count). The smallest absolute Gasteiger partial charge is 0.193 e. The van der Waals surface area contributed by atoms with Crippen LogP contribution in [0.2, 0.25) is 0 Å². The van der Waals surface area contributed by atoms with Gasteiger partial charge in [0.25, 0.3) is 0 Å². The number of aromatic nitrogens is 1. The van der Waals surface area contributed by atoms with Crippen molar-refractivity contribution in [3.63, 3.8) is 0 Å². The van der Waals surface area contributed by atoms with Gasteiger partial charge in [-0.15, -0.1) is 11.3 Å². The number of guanidine groups is 1. The summed E-state index contributed by atoms with van der Waals surface area (Å²) in [6, 6.07) is 6.55. The minimum atomic E-state index is -0.232. The third-order valence-corrected chi connectivity index (χ3v) is 5.94. The van der Waals surface area contributed by atoms with Crippen LogP contribution in [0.4, 0.5) is 4.39 Å². The molecule has 2 unspecified atom stereocenters. The van der Waals surface area contributed by atoms with E-state index in [-0.39, 0.29) is 18.0 Å². The van der Waals surface area contributed by atoms with Crippen LogP contribution in [0.3, 0.4) is 0 Å². The molecule has 1 aliphatic rings. The first-order chi connectivity index (χ1) is 13.5. The maximum absolute atomic E-state index is 13.2. The van der Waals surface area contributed by atoms with Crippen molar-refractivity contribution in [2.75, 3.05) is 26.7 Å². The molecule has 0 saturated carbocycles. The third-order valence-electron chi connectivity index (χ3n) is 4.74. The zero-order chi connectivity index (χ0) is 20.1. The molecule has 0 bridgehead atoms. The summed E-state index contributed by atoms with van der Waals surface area (Å²) in [6.07, 6.45) is 0.827. The van der Waals surface area contributed by atoms with Crippen LogP contribution in [0.5, 0.6) is 0 Å². The summed E-state index contributed by atoms with van der Waals surface area (Å²) in [6.45, 7) is 8.62. The Morgan fingerprint density at radius 1 is 1.36 bits per heavy atom. The van der Waals surface area contributed by atoms with E-state index in [1.807, 2.05) is 0 Å². The van der Waals surface area contributed by atoms with Gasteiger partial charge in [-0.25, -0.2) is 9.37 Å². The highest BCUT2D eigenvalue weighted by Crippen LogP contribution is 2.25. The number of halogens is 1. The quantitative estimate of drug-likeness (QED) is 0.605. The van der Waals surface area contributed by atoms with Crippen molar-refractivity contribution >= 4 is 17.3 Å². The predicted molar refractivity (Wildman–Crippen MR) is 113 cm³/mol. The molecule has 152 valence electrons. The number of thiazole rings is 1. The number of benzene rings is 1. The standard InChI is InChI=1S/C21H29FN4OS/c1-14(2)20-25-18(13-28-20)9-10-24-21(23-4)26-11-15(3)27-19(12-26)16-5-7-17(22)8-6-16/h5-8,13-15,19H,9-12H2,1-4H3,(H,23,24). The first kappa shape index (κ1) is 20.7. The molecule has 2 heterocycles. The van der Waals surface area contributed by atoms with E-state index in [1.54, 1.807) is 30.5 Å². The minimum Gasteiger partial charge on any atom is -0.367 e.